The molecule has 0 atom stereocenters. The molecule has 0 fully saturated rings. The zero-order chi connectivity index (χ0) is 17.7. The minimum Gasteiger partial charge on any atom is -0.143 e. The lowest BCUT2D eigenvalue weighted by molar-refractivity contribution is 1.59. The summed E-state index contributed by atoms with van der Waals surface area (Å²) in [5.74, 6) is 0. The number of thiophene rings is 4. The Morgan fingerprint density at radius 3 is 1.35 bits per heavy atom. The smallest absolute Gasteiger partial charge is 0.0545 e. The average Bonchev–Trinajstić information content (AvgIpc) is 3.39. The van der Waals surface area contributed by atoms with Crippen LogP contribution in [0.25, 0.3) is 49.7 Å². The molecule has 0 radical (unpaired) electrons. The van der Waals surface area contributed by atoms with Crippen LogP contribution in [0.5, 0.6) is 0 Å². The van der Waals surface area contributed by atoms with Crippen LogP contribution in [-0.4, -0.2) is 0 Å². The SMILES string of the molecule is Cc1c2sccc2c(C)c2c1sc1c2sc2c(C)c3sccc3c(C)c21. The van der Waals surface area contributed by atoms with Crippen molar-refractivity contribution in [3.63, 3.8) is 0 Å². The van der Waals surface area contributed by atoms with Crippen molar-refractivity contribution in [1.29, 1.82) is 0 Å². The summed E-state index contributed by atoms with van der Waals surface area (Å²) < 4.78 is 8.89. The highest BCUT2D eigenvalue weighted by molar-refractivity contribution is 7.37. The molecule has 0 aliphatic carbocycles. The van der Waals surface area contributed by atoms with Gasteiger partial charge in [0.1, 0.15) is 0 Å². The minimum absolute atomic E-state index is 1.44. The van der Waals surface area contributed by atoms with Gasteiger partial charge in [-0.05, 0) is 83.6 Å². The first kappa shape index (κ1) is 15.6. The maximum Gasteiger partial charge on any atom is 0.0545 e. The quantitative estimate of drug-likeness (QED) is 0.235. The van der Waals surface area contributed by atoms with Crippen LogP contribution in [0.4, 0.5) is 0 Å². The second kappa shape index (κ2) is 5.08. The van der Waals surface area contributed by atoms with E-state index in [1.165, 1.54) is 72.0 Å². The lowest BCUT2D eigenvalue weighted by Crippen LogP contribution is -1.80. The fourth-order valence-corrected chi connectivity index (χ4v) is 9.59. The summed E-state index contributed by atoms with van der Waals surface area (Å²) in [7, 11) is 0. The zero-order valence-corrected chi connectivity index (χ0v) is 18.2. The molecule has 0 nitrogen and oxygen atoms in total. The van der Waals surface area contributed by atoms with Crippen LogP contribution in [-0.2, 0) is 0 Å². The van der Waals surface area contributed by atoms with Crippen molar-refractivity contribution >= 4 is 95.1 Å². The van der Waals surface area contributed by atoms with Gasteiger partial charge < -0.3 is 0 Å². The number of aryl methyl sites for hydroxylation is 4. The maximum atomic E-state index is 2.31. The van der Waals surface area contributed by atoms with Gasteiger partial charge in [0.05, 0.1) is 9.40 Å². The Kier molecular flexibility index (Phi) is 3.04. The molecule has 4 heterocycles. The largest absolute Gasteiger partial charge is 0.143 e. The number of rotatable bonds is 0. The van der Waals surface area contributed by atoms with E-state index < -0.39 is 0 Å². The topological polar surface area (TPSA) is 0 Å². The first-order chi connectivity index (χ1) is 12.6. The van der Waals surface area contributed by atoms with E-state index in [2.05, 4.69) is 50.6 Å². The first-order valence-corrected chi connectivity index (χ1v) is 12.1. The summed E-state index contributed by atoms with van der Waals surface area (Å²) in [6.07, 6.45) is 0. The molecular formula is C22H16S4. The highest BCUT2D eigenvalue weighted by atomic mass is 32.1. The van der Waals surface area contributed by atoms with Gasteiger partial charge >= 0.3 is 0 Å². The number of benzene rings is 2. The summed E-state index contributed by atoms with van der Waals surface area (Å²) in [6.45, 7) is 9.23. The van der Waals surface area contributed by atoms with Crippen LogP contribution >= 0.6 is 45.3 Å². The molecule has 0 spiro atoms. The Morgan fingerprint density at radius 2 is 0.923 bits per heavy atom. The Balaban J connectivity index is 1.95. The van der Waals surface area contributed by atoms with Crippen LogP contribution in [0.15, 0.2) is 22.9 Å². The summed E-state index contributed by atoms with van der Waals surface area (Å²) in [5.41, 5.74) is 5.83. The van der Waals surface area contributed by atoms with E-state index >= 15 is 0 Å². The summed E-state index contributed by atoms with van der Waals surface area (Å²) in [4.78, 5) is 0. The number of fused-ring (bicyclic) bond motifs is 7. The van der Waals surface area contributed by atoms with Crippen LogP contribution in [0.2, 0.25) is 0 Å². The number of hydrogen-bond donors (Lipinski definition) is 0. The molecule has 128 valence electrons. The first-order valence-electron chi connectivity index (χ1n) is 8.69. The second-order valence-electron chi connectivity index (χ2n) is 7.10. The highest BCUT2D eigenvalue weighted by Crippen LogP contribution is 2.51. The second-order valence-corrected chi connectivity index (χ2v) is 11.0. The van der Waals surface area contributed by atoms with Crippen molar-refractivity contribution in [1.82, 2.24) is 0 Å². The van der Waals surface area contributed by atoms with Gasteiger partial charge in [-0.25, -0.2) is 0 Å². The normalized spacial score (nSPS) is 12.6. The van der Waals surface area contributed by atoms with Gasteiger partial charge in [0, 0.05) is 29.6 Å². The van der Waals surface area contributed by atoms with Crippen LogP contribution in [0.3, 0.4) is 0 Å². The van der Waals surface area contributed by atoms with E-state index in [-0.39, 0.29) is 0 Å². The van der Waals surface area contributed by atoms with Crippen LogP contribution < -0.4 is 0 Å². The van der Waals surface area contributed by atoms with Crippen molar-refractivity contribution in [3.05, 3.63) is 45.1 Å². The lowest BCUT2D eigenvalue weighted by atomic mass is 10.0. The van der Waals surface area contributed by atoms with Crippen molar-refractivity contribution in [2.45, 2.75) is 27.7 Å². The zero-order valence-electron chi connectivity index (χ0n) is 14.9. The van der Waals surface area contributed by atoms with Gasteiger partial charge in [-0.15, -0.1) is 45.3 Å². The monoisotopic (exact) mass is 408 g/mol. The molecule has 0 saturated carbocycles. The van der Waals surface area contributed by atoms with Crippen molar-refractivity contribution in [3.8, 4) is 0 Å². The fourth-order valence-electron chi connectivity index (χ4n) is 4.41. The maximum absolute atomic E-state index is 2.31. The molecule has 4 aromatic heterocycles. The van der Waals surface area contributed by atoms with Gasteiger partial charge in [0.15, 0.2) is 0 Å². The summed E-state index contributed by atoms with van der Waals surface area (Å²) in [5, 5.41) is 10.3. The van der Waals surface area contributed by atoms with E-state index in [1.54, 1.807) is 0 Å². The molecule has 0 bridgehead atoms. The van der Waals surface area contributed by atoms with Gasteiger partial charge in [0.2, 0.25) is 0 Å². The predicted octanol–water partition coefficient (Wildman–Crippen LogP) is 8.93. The molecule has 4 heteroatoms. The Hall–Kier alpha value is -1.46. The molecule has 26 heavy (non-hydrogen) atoms. The Labute approximate surface area is 167 Å². The highest BCUT2D eigenvalue weighted by Gasteiger charge is 2.21. The molecule has 2 aromatic carbocycles. The van der Waals surface area contributed by atoms with E-state index in [4.69, 9.17) is 0 Å². The Bertz CT molecular complexity index is 1400. The standard InChI is InChI=1S/C22H16S4/c1-9-13-5-7-23-17(13)11(3)19-15(9)21-22(25-19)16-10(2)14-6-8-24-18(14)12(4)20(16)26-21/h5-8H,1-4H3. The average molecular weight is 409 g/mol. The van der Waals surface area contributed by atoms with Gasteiger partial charge in [0.25, 0.3) is 0 Å². The van der Waals surface area contributed by atoms with E-state index in [1.807, 2.05) is 45.3 Å². The lowest BCUT2D eigenvalue weighted by Gasteiger charge is -2.05. The molecule has 0 N–H and O–H groups in total. The number of hydrogen-bond acceptors (Lipinski definition) is 4. The van der Waals surface area contributed by atoms with E-state index in [9.17, 15) is 0 Å². The third kappa shape index (κ3) is 1.70. The van der Waals surface area contributed by atoms with E-state index in [0.29, 0.717) is 0 Å². The molecule has 6 rings (SSSR count). The van der Waals surface area contributed by atoms with Crippen molar-refractivity contribution < 1.29 is 0 Å². The predicted molar refractivity (Wildman–Crippen MR) is 124 cm³/mol. The van der Waals surface area contributed by atoms with E-state index in [0.717, 1.165) is 0 Å². The van der Waals surface area contributed by atoms with Crippen molar-refractivity contribution in [2.75, 3.05) is 0 Å². The van der Waals surface area contributed by atoms with Crippen LogP contribution in [0.1, 0.15) is 22.3 Å². The summed E-state index contributed by atoms with van der Waals surface area (Å²) >= 11 is 7.78. The molecule has 0 saturated heterocycles. The molecule has 6 aromatic rings. The summed E-state index contributed by atoms with van der Waals surface area (Å²) in [6, 6.07) is 4.59. The van der Waals surface area contributed by atoms with Gasteiger partial charge in [-0.3, -0.25) is 0 Å². The minimum atomic E-state index is 1.44. The van der Waals surface area contributed by atoms with Crippen molar-refractivity contribution in [2.24, 2.45) is 0 Å². The molecule has 0 unspecified atom stereocenters. The Morgan fingerprint density at radius 1 is 0.500 bits per heavy atom. The molecule has 0 aliphatic heterocycles. The third-order valence-corrected chi connectivity index (χ3v) is 10.6. The van der Waals surface area contributed by atoms with Crippen LogP contribution in [0, 0.1) is 27.7 Å². The third-order valence-electron chi connectivity index (χ3n) is 5.77. The fraction of sp³-hybridized carbons (Fsp3) is 0.182. The van der Waals surface area contributed by atoms with Gasteiger partial charge in [-0.2, -0.15) is 0 Å². The molecule has 0 aliphatic rings. The molecular weight excluding hydrogens is 393 g/mol. The molecule has 0 amide bonds. The van der Waals surface area contributed by atoms with Gasteiger partial charge in [-0.1, -0.05) is 0 Å².